The third kappa shape index (κ3) is 1.98. The number of hydrogen-bond acceptors (Lipinski definition) is 3. The quantitative estimate of drug-likeness (QED) is 0.669. The van der Waals surface area contributed by atoms with Gasteiger partial charge in [0.15, 0.2) is 0 Å². The first-order valence-electron chi connectivity index (χ1n) is 4.24. The first-order valence-corrected chi connectivity index (χ1v) is 4.24. The van der Waals surface area contributed by atoms with Crippen LogP contribution in [0.4, 0.5) is 5.69 Å². The van der Waals surface area contributed by atoms with Crippen molar-refractivity contribution in [1.29, 1.82) is 5.26 Å². The maximum absolute atomic E-state index is 8.61. The molecule has 0 saturated carbocycles. The van der Waals surface area contributed by atoms with Crippen LogP contribution in [-0.2, 0) is 0 Å². The zero-order valence-corrected chi connectivity index (χ0v) is 7.62. The van der Waals surface area contributed by atoms with Crippen molar-refractivity contribution < 1.29 is 0 Å². The SMILES string of the molecule is CC[C@H](N)c1ccc(C#N)cc1N. The van der Waals surface area contributed by atoms with E-state index in [0.717, 1.165) is 12.0 Å². The molecule has 68 valence electrons. The second kappa shape index (κ2) is 3.92. The summed E-state index contributed by atoms with van der Waals surface area (Å²) in [7, 11) is 0. The monoisotopic (exact) mass is 175 g/mol. The molecule has 13 heavy (non-hydrogen) atoms. The Morgan fingerprint density at radius 2 is 2.23 bits per heavy atom. The molecule has 3 heteroatoms. The Kier molecular flexibility index (Phi) is 2.88. The number of rotatable bonds is 2. The van der Waals surface area contributed by atoms with Gasteiger partial charge in [-0.15, -0.1) is 0 Å². The van der Waals surface area contributed by atoms with E-state index in [2.05, 4.69) is 0 Å². The molecule has 0 radical (unpaired) electrons. The molecular weight excluding hydrogens is 162 g/mol. The maximum Gasteiger partial charge on any atom is 0.0992 e. The molecule has 0 heterocycles. The van der Waals surface area contributed by atoms with Gasteiger partial charge in [-0.2, -0.15) is 5.26 Å². The zero-order valence-electron chi connectivity index (χ0n) is 7.62. The average Bonchev–Trinajstić information content (AvgIpc) is 2.16. The van der Waals surface area contributed by atoms with Crippen molar-refractivity contribution in [2.45, 2.75) is 19.4 Å². The summed E-state index contributed by atoms with van der Waals surface area (Å²) in [5, 5.41) is 8.61. The fraction of sp³-hybridized carbons (Fsp3) is 0.300. The summed E-state index contributed by atoms with van der Waals surface area (Å²) < 4.78 is 0. The van der Waals surface area contributed by atoms with Crippen LogP contribution < -0.4 is 11.5 Å². The normalized spacial score (nSPS) is 12.1. The van der Waals surface area contributed by atoms with Gasteiger partial charge >= 0.3 is 0 Å². The van der Waals surface area contributed by atoms with Gasteiger partial charge in [0.2, 0.25) is 0 Å². The molecule has 0 aromatic heterocycles. The Hall–Kier alpha value is -1.53. The Bertz CT molecular complexity index is 339. The van der Waals surface area contributed by atoms with Crippen molar-refractivity contribution in [1.82, 2.24) is 0 Å². The van der Waals surface area contributed by atoms with Crippen molar-refractivity contribution in [2.24, 2.45) is 5.73 Å². The van der Waals surface area contributed by atoms with Crippen LogP contribution in [0.25, 0.3) is 0 Å². The lowest BCUT2D eigenvalue weighted by Gasteiger charge is -2.11. The van der Waals surface area contributed by atoms with E-state index in [1.807, 2.05) is 19.1 Å². The molecule has 0 aliphatic heterocycles. The number of nitrogens with zero attached hydrogens (tertiary/aromatic N) is 1. The van der Waals surface area contributed by atoms with E-state index in [1.54, 1.807) is 12.1 Å². The molecule has 1 aromatic carbocycles. The topological polar surface area (TPSA) is 75.8 Å². The van der Waals surface area contributed by atoms with E-state index >= 15 is 0 Å². The molecule has 0 spiro atoms. The second-order valence-electron chi connectivity index (χ2n) is 2.97. The molecule has 0 aliphatic rings. The fourth-order valence-electron chi connectivity index (χ4n) is 1.20. The number of nitrogen functional groups attached to an aromatic ring is 1. The lowest BCUT2D eigenvalue weighted by Crippen LogP contribution is -2.11. The van der Waals surface area contributed by atoms with Crippen LogP contribution in [0, 0.1) is 11.3 Å². The smallest absolute Gasteiger partial charge is 0.0992 e. The minimum absolute atomic E-state index is 0.0345. The van der Waals surface area contributed by atoms with Crippen LogP contribution in [0.1, 0.15) is 30.5 Å². The average molecular weight is 175 g/mol. The molecule has 1 atom stereocenters. The first kappa shape index (κ1) is 9.56. The molecule has 1 rings (SSSR count). The van der Waals surface area contributed by atoms with E-state index in [-0.39, 0.29) is 6.04 Å². The van der Waals surface area contributed by atoms with Gasteiger partial charge in [0.25, 0.3) is 0 Å². The molecule has 0 amide bonds. The zero-order chi connectivity index (χ0) is 9.84. The first-order chi connectivity index (χ1) is 6.19. The summed E-state index contributed by atoms with van der Waals surface area (Å²) in [4.78, 5) is 0. The van der Waals surface area contributed by atoms with Crippen molar-refractivity contribution in [3.8, 4) is 6.07 Å². The van der Waals surface area contributed by atoms with Crippen LogP contribution in [0.2, 0.25) is 0 Å². The molecule has 3 nitrogen and oxygen atoms in total. The molecule has 1 aromatic rings. The number of benzene rings is 1. The number of nitriles is 1. The van der Waals surface area contributed by atoms with Crippen LogP contribution in [0.15, 0.2) is 18.2 Å². The highest BCUT2D eigenvalue weighted by Gasteiger charge is 2.07. The van der Waals surface area contributed by atoms with Crippen molar-refractivity contribution in [3.63, 3.8) is 0 Å². The standard InChI is InChI=1S/C10H13N3/c1-2-9(12)8-4-3-7(6-11)5-10(8)13/h3-5,9H,2,12-13H2,1H3/t9-/m0/s1. The van der Waals surface area contributed by atoms with Gasteiger partial charge in [-0.1, -0.05) is 13.0 Å². The largest absolute Gasteiger partial charge is 0.398 e. The van der Waals surface area contributed by atoms with Gasteiger partial charge in [-0.25, -0.2) is 0 Å². The van der Waals surface area contributed by atoms with Crippen LogP contribution in [-0.4, -0.2) is 0 Å². The van der Waals surface area contributed by atoms with E-state index in [0.29, 0.717) is 11.3 Å². The van der Waals surface area contributed by atoms with Gasteiger partial charge in [0.05, 0.1) is 11.6 Å². The summed E-state index contributed by atoms with van der Waals surface area (Å²) in [5.41, 5.74) is 13.7. The maximum atomic E-state index is 8.61. The minimum Gasteiger partial charge on any atom is -0.398 e. The summed E-state index contributed by atoms with van der Waals surface area (Å²) in [5.74, 6) is 0. The predicted molar refractivity (Wildman–Crippen MR) is 52.8 cm³/mol. The van der Waals surface area contributed by atoms with Gasteiger partial charge in [0.1, 0.15) is 0 Å². The van der Waals surface area contributed by atoms with Crippen LogP contribution in [0.5, 0.6) is 0 Å². The van der Waals surface area contributed by atoms with Gasteiger partial charge < -0.3 is 11.5 Å². The molecule has 0 saturated heterocycles. The lowest BCUT2D eigenvalue weighted by atomic mass is 10.0. The highest BCUT2D eigenvalue weighted by Crippen LogP contribution is 2.21. The minimum atomic E-state index is -0.0345. The summed E-state index contributed by atoms with van der Waals surface area (Å²) in [6, 6.07) is 7.21. The Morgan fingerprint density at radius 3 is 2.69 bits per heavy atom. The number of hydrogen-bond donors (Lipinski definition) is 2. The van der Waals surface area contributed by atoms with E-state index in [1.165, 1.54) is 0 Å². The molecule has 4 N–H and O–H groups in total. The summed E-state index contributed by atoms with van der Waals surface area (Å²) in [6.45, 7) is 2.00. The lowest BCUT2D eigenvalue weighted by molar-refractivity contribution is 0.701. The van der Waals surface area contributed by atoms with Crippen molar-refractivity contribution in [3.05, 3.63) is 29.3 Å². The van der Waals surface area contributed by atoms with E-state index < -0.39 is 0 Å². The molecule has 0 aliphatic carbocycles. The summed E-state index contributed by atoms with van der Waals surface area (Å²) in [6.07, 6.45) is 0.843. The highest BCUT2D eigenvalue weighted by molar-refractivity contribution is 5.53. The molecular formula is C10H13N3. The molecule has 0 fully saturated rings. The molecule has 0 unspecified atom stereocenters. The second-order valence-corrected chi connectivity index (χ2v) is 2.97. The van der Waals surface area contributed by atoms with Crippen molar-refractivity contribution >= 4 is 5.69 Å². The third-order valence-corrected chi connectivity index (χ3v) is 2.06. The van der Waals surface area contributed by atoms with E-state index in [4.69, 9.17) is 16.7 Å². The van der Waals surface area contributed by atoms with Crippen molar-refractivity contribution in [2.75, 3.05) is 5.73 Å². The van der Waals surface area contributed by atoms with Gasteiger partial charge in [-0.05, 0) is 24.1 Å². The number of nitrogens with two attached hydrogens (primary N) is 2. The van der Waals surface area contributed by atoms with E-state index in [9.17, 15) is 0 Å². The van der Waals surface area contributed by atoms with Crippen LogP contribution in [0.3, 0.4) is 0 Å². The summed E-state index contributed by atoms with van der Waals surface area (Å²) >= 11 is 0. The molecule has 0 bridgehead atoms. The Labute approximate surface area is 78.0 Å². The van der Waals surface area contributed by atoms with Gasteiger partial charge in [-0.3, -0.25) is 0 Å². The third-order valence-electron chi connectivity index (χ3n) is 2.06. The number of anilines is 1. The van der Waals surface area contributed by atoms with Gasteiger partial charge in [0, 0.05) is 11.7 Å². The van der Waals surface area contributed by atoms with Crippen LogP contribution >= 0.6 is 0 Å². The Balaban J connectivity index is 3.07. The predicted octanol–water partition coefficient (Wildman–Crippen LogP) is 1.55. The highest BCUT2D eigenvalue weighted by atomic mass is 14.7. The fourth-order valence-corrected chi connectivity index (χ4v) is 1.20. The Morgan fingerprint density at radius 1 is 1.54 bits per heavy atom.